The number of nitrogens with one attached hydrogen (secondary N) is 1. The van der Waals surface area contributed by atoms with Crippen molar-refractivity contribution in [2.24, 2.45) is 10.8 Å². The van der Waals surface area contributed by atoms with Gasteiger partial charge in [0.05, 0.1) is 5.71 Å². The lowest BCUT2D eigenvalue weighted by molar-refractivity contribution is 0.625. The van der Waals surface area contributed by atoms with Crippen LogP contribution in [0, 0.1) is 5.82 Å². The lowest BCUT2D eigenvalue weighted by atomic mass is 10.1. The fraction of sp³-hybridized carbons (Fsp3) is 0.111. The summed E-state index contributed by atoms with van der Waals surface area (Å²) in [5.74, 6) is -0.321. The Balaban J connectivity index is 2.89. The molecule has 14 heavy (non-hydrogen) atoms. The van der Waals surface area contributed by atoms with E-state index in [1.165, 1.54) is 6.07 Å². The molecule has 0 unspecified atom stereocenters. The average molecular weight is 211 g/mol. The summed E-state index contributed by atoms with van der Waals surface area (Å²) in [5, 5.41) is 3.87. The van der Waals surface area contributed by atoms with E-state index in [2.05, 4.69) is 22.7 Å². The van der Waals surface area contributed by atoms with Crippen molar-refractivity contribution in [3.63, 3.8) is 0 Å². The molecule has 0 aromatic heterocycles. The molecule has 1 aromatic rings. The van der Waals surface area contributed by atoms with Crippen molar-refractivity contribution in [2.75, 3.05) is 0 Å². The van der Waals surface area contributed by atoms with Crippen molar-refractivity contribution in [3.8, 4) is 0 Å². The van der Waals surface area contributed by atoms with Crippen LogP contribution in [0.3, 0.4) is 0 Å². The Hall–Kier alpha value is -1.49. The van der Waals surface area contributed by atoms with Gasteiger partial charge in [-0.05, 0) is 25.2 Å². The first-order valence-corrected chi connectivity index (χ1v) is 4.36. The van der Waals surface area contributed by atoms with Crippen molar-refractivity contribution >= 4 is 23.0 Å². The molecule has 0 aliphatic heterocycles. The number of benzene rings is 1. The number of nitrogens with two attached hydrogens (primary N) is 1. The Kier molecular flexibility index (Phi) is 3.53. The predicted molar refractivity (Wildman–Crippen MR) is 58.5 cm³/mol. The summed E-state index contributed by atoms with van der Waals surface area (Å²) >= 11 is 4.56. The highest BCUT2D eigenvalue weighted by Crippen LogP contribution is 2.06. The minimum atomic E-state index is -0.321. The van der Waals surface area contributed by atoms with Crippen molar-refractivity contribution in [1.29, 1.82) is 0 Å². The van der Waals surface area contributed by atoms with Gasteiger partial charge < -0.3 is 5.73 Å². The van der Waals surface area contributed by atoms with Crippen LogP contribution in [0.25, 0.3) is 0 Å². The molecule has 1 rings (SSSR count). The molecule has 1 aromatic carbocycles. The van der Waals surface area contributed by atoms with Gasteiger partial charge in [0.2, 0.25) is 0 Å². The van der Waals surface area contributed by atoms with Crippen molar-refractivity contribution < 1.29 is 4.39 Å². The normalized spacial score (nSPS) is 11.1. The van der Waals surface area contributed by atoms with E-state index in [1.807, 2.05) is 0 Å². The number of hydrogen-bond acceptors (Lipinski definition) is 2. The monoisotopic (exact) mass is 211 g/mol. The van der Waals surface area contributed by atoms with Gasteiger partial charge in [-0.3, -0.25) is 5.43 Å². The molecule has 3 N–H and O–H groups in total. The molecule has 0 amide bonds. The minimum Gasteiger partial charge on any atom is -0.375 e. The number of thiocarbonyl (C=S) groups is 1. The highest BCUT2D eigenvalue weighted by molar-refractivity contribution is 7.80. The molecule has 0 aliphatic rings. The molecule has 0 spiro atoms. The number of hydrazone groups is 1. The second kappa shape index (κ2) is 4.66. The summed E-state index contributed by atoms with van der Waals surface area (Å²) in [4.78, 5) is 0. The lowest BCUT2D eigenvalue weighted by Crippen LogP contribution is -2.25. The van der Waals surface area contributed by atoms with Crippen LogP contribution in [-0.4, -0.2) is 10.8 Å². The lowest BCUT2D eigenvalue weighted by Gasteiger charge is -2.02. The summed E-state index contributed by atoms with van der Waals surface area (Å²) in [5.41, 5.74) is 8.50. The Labute approximate surface area is 86.8 Å². The molecule has 5 heteroatoms. The van der Waals surface area contributed by atoms with Gasteiger partial charge in [0.15, 0.2) is 5.11 Å². The van der Waals surface area contributed by atoms with Gasteiger partial charge in [-0.1, -0.05) is 18.2 Å². The maximum Gasteiger partial charge on any atom is 0.184 e. The molecule has 0 fully saturated rings. The van der Waals surface area contributed by atoms with Crippen LogP contribution in [0.5, 0.6) is 0 Å². The smallest absolute Gasteiger partial charge is 0.184 e. The van der Waals surface area contributed by atoms with Crippen molar-refractivity contribution in [3.05, 3.63) is 35.6 Å². The highest BCUT2D eigenvalue weighted by Gasteiger charge is 2.03. The summed E-state index contributed by atoms with van der Waals surface area (Å²) in [7, 11) is 0. The average Bonchev–Trinajstić information content (AvgIpc) is 2.15. The third kappa shape index (κ3) is 2.77. The minimum absolute atomic E-state index is 0.0562. The second-order valence-corrected chi connectivity index (χ2v) is 3.09. The van der Waals surface area contributed by atoms with Crippen LogP contribution in [0.4, 0.5) is 4.39 Å². The fourth-order valence-corrected chi connectivity index (χ4v) is 0.999. The first-order chi connectivity index (χ1) is 6.61. The number of hydrogen-bond donors (Lipinski definition) is 2. The van der Waals surface area contributed by atoms with Gasteiger partial charge in [0, 0.05) is 5.56 Å². The molecule has 3 nitrogen and oxygen atoms in total. The van der Waals surface area contributed by atoms with Crippen LogP contribution in [-0.2, 0) is 0 Å². The van der Waals surface area contributed by atoms with Crippen molar-refractivity contribution in [1.82, 2.24) is 5.43 Å². The molecule has 0 saturated heterocycles. The molecule has 0 bridgehead atoms. The summed E-state index contributed by atoms with van der Waals surface area (Å²) in [6.45, 7) is 1.67. The molecule has 0 saturated carbocycles. The molecular weight excluding hydrogens is 201 g/mol. The van der Waals surface area contributed by atoms with E-state index in [4.69, 9.17) is 5.73 Å². The molecule has 0 heterocycles. The highest BCUT2D eigenvalue weighted by atomic mass is 32.1. The third-order valence-corrected chi connectivity index (χ3v) is 1.69. The quantitative estimate of drug-likeness (QED) is 0.441. The number of halogens is 1. The first kappa shape index (κ1) is 10.6. The van der Waals surface area contributed by atoms with Gasteiger partial charge in [-0.15, -0.1) is 0 Å². The van der Waals surface area contributed by atoms with Gasteiger partial charge in [-0.25, -0.2) is 4.39 Å². The largest absolute Gasteiger partial charge is 0.375 e. The van der Waals surface area contributed by atoms with E-state index in [-0.39, 0.29) is 10.9 Å². The standard InChI is InChI=1S/C9H10FN3S/c1-6(12-13-9(11)14)7-4-2-3-5-8(7)10/h2-5H,1H3,(H3,11,13,14)/b12-6+. The van der Waals surface area contributed by atoms with Crippen LogP contribution >= 0.6 is 12.2 Å². The topological polar surface area (TPSA) is 50.4 Å². The maximum atomic E-state index is 13.2. The first-order valence-electron chi connectivity index (χ1n) is 3.96. The molecular formula is C9H10FN3S. The fourth-order valence-electron chi connectivity index (χ4n) is 0.954. The maximum absolute atomic E-state index is 13.2. The summed E-state index contributed by atoms with van der Waals surface area (Å²) < 4.78 is 13.2. The zero-order valence-electron chi connectivity index (χ0n) is 7.62. The van der Waals surface area contributed by atoms with Crippen LogP contribution in [0.15, 0.2) is 29.4 Å². The third-order valence-electron chi connectivity index (χ3n) is 1.60. The number of rotatable bonds is 2. The van der Waals surface area contributed by atoms with E-state index < -0.39 is 0 Å². The predicted octanol–water partition coefficient (Wildman–Crippen LogP) is 1.38. The van der Waals surface area contributed by atoms with Crippen LogP contribution < -0.4 is 11.2 Å². The zero-order valence-corrected chi connectivity index (χ0v) is 8.44. The van der Waals surface area contributed by atoms with Crippen LogP contribution in [0.2, 0.25) is 0 Å². The Morgan fingerprint density at radius 1 is 1.50 bits per heavy atom. The van der Waals surface area contributed by atoms with Gasteiger partial charge in [-0.2, -0.15) is 5.10 Å². The van der Waals surface area contributed by atoms with Crippen LogP contribution in [0.1, 0.15) is 12.5 Å². The van der Waals surface area contributed by atoms with Gasteiger partial charge in [0.25, 0.3) is 0 Å². The number of nitrogens with zero attached hydrogens (tertiary/aromatic N) is 1. The Morgan fingerprint density at radius 3 is 2.71 bits per heavy atom. The summed E-state index contributed by atoms with van der Waals surface area (Å²) in [6.07, 6.45) is 0. The zero-order chi connectivity index (χ0) is 10.6. The van der Waals surface area contributed by atoms with E-state index in [1.54, 1.807) is 25.1 Å². The van der Waals surface area contributed by atoms with E-state index in [0.29, 0.717) is 11.3 Å². The van der Waals surface area contributed by atoms with E-state index >= 15 is 0 Å². The van der Waals surface area contributed by atoms with E-state index in [0.717, 1.165) is 0 Å². The molecule has 0 radical (unpaired) electrons. The SMILES string of the molecule is C/C(=N\NC(N)=S)c1ccccc1F. The molecule has 0 atom stereocenters. The van der Waals surface area contributed by atoms with Crippen molar-refractivity contribution in [2.45, 2.75) is 6.92 Å². The summed E-state index contributed by atoms with van der Waals surface area (Å²) in [6, 6.07) is 6.36. The molecule has 74 valence electrons. The van der Waals surface area contributed by atoms with E-state index in [9.17, 15) is 4.39 Å². The Bertz CT molecular complexity index is 376. The Morgan fingerprint density at radius 2 is 2.14 bits per heavy atom. The van der Waals surface area contributed by atoms with Gasteiger partial charge in [0.1, 0.15) is 5.82 Å². The second-order valence-electron chi connectivity index (χ2n) is 2.65. The molecule has 0 aliphatic carbocycles. The van der Waals surface area contributed by atoms with Gasteiger partial charge >= 0.3 is 0 Å².